The van der Waals surface area contributed by atoms with Crippen molar-refractivity contribution in [1.82, 2.24) is 10.2 Å². The SMILES string of the molecule is CCN(CC(=O)N[C@@]1(C)CCS(=O)(=O)C1)[C@H](C)c1cccc(OC)c1. The number of ether oxygens (including phenoxy) is 1. The number of hydrogen-bond donors (Lipinski definition) is 1. The smallest absolute Gasteiger partial charge is 0.234 e. The van der Waals surface area contributed by atoms with Crippen LogP contribution < -0.4 is 10.1 Å². The first-order valence-electron chi connectivity index (χ1n) is 8.57. The van der Waals surface area contributed by atoms with Crippen LogP contribution in [0.4, 0.5) is 0 Å². The predicted octanol–water partition coefficient (Wildman–Crippen LogP) is 1.77. The van der Waals surface area contributed by atoms with E-state index in [1.807, 2.05) is 38.1 Å². The van der Waals surface area contributed by atoms with E-state index in [0.717, 1.165) is 11.3 Å². The molecule has 7 heteroatoms. The molecule has 6 nitrogen and oxygen atoms in total. The molecule has 0 radical (unpaired) electrons. The molecule has 0 bridgehead atoms. The minimum Gasteiger partial charge on any atom is -0.497 e. The van der Waals surface area contributed by atoms with Crippen molar-refractivity contribution in [2.75, 3.05) is 31.7 Å². The highest BCUT2D eigenvalue weighted by Crippen LogP contribution is 2.25. The molecule has 1 heterocycles. The number of sulfone groups is 1. The first kappa shape index (κ1) is 19.7. The van der Waals surface area contributed by atoms with Crippen molar-refractivity contribution in [3.05, 3.63) is 29.8 Å². The fourth-order valence-corrected chi connectivity index (χ4v) is 5.40. The molecule has 1 fully saturated rings. The number of hydrogen-bond acceptors (Lipinski definition) is 5. The average molecular weight is 368 g/mol. The summed E-state index contributed by atoms with van der Waals surface area (Å²) in [6.07, 6.45) is 0.471. The van der Waals surface area contributed by atoms with E-state index in [9.17, 15) is 13.2 Å². The molecule has 0 unspecified atom stereocenters. The van der Waals surface area contributed by atoms with Crippen LogP contribution in [0.5, 0.6) is 5.75 Å². The second-order valence-corrected chi connectivity index (χ2v) is 9.15. The molecule has 2 rings (SSSR count). The van der Waals surface area contributed by atoms with Crippen molar-refractivity contribution >= 4 is 15.7 Å². The second-order valence-electron chi connectivity index (χ2n) is 6.97. The highest BCUT2D eigenvalue weighted by molar-refractivity contribution is 7.91. The van der Waals surface area contributed by atoms with E-state index >= 15 is 0 Å². The third kappa shape index (κ3) is 5.19. The summed E-state index contributed by atoms with van der Waals surface area (Å²) in [5, 5.41) is 2.92. The van der Waals surface area contributed by atoms with Crippen molar-refractivity contribution in [1.29, 1.82) is 0 Å². The molecule has 2 atom stereocenters. The lowest BCUT2D eigenvalue weighted by Gasteiger charge is -2.30. The molecule has 1 aliphatic rings. The number of rotatable bonds is 7. The molecular weight excluding hydrogens is 340 g/mol. The third-order valence-electron chi connectivity index (χ3n) is 4.82. The lowest BCUT2D eigenvalue weighted by Crippen LogP contribution is -2.50. The van der Waals surface area contributed by atoms with Crippen molar-refractivity contribution in [2.24, 2.45) is 0 Å². The topological polar surface area (TPSA) is 75.7 Å². The lowest BCUT2D eigenvalue weighted by molar-refractivity contribution is -0.124. The van der Waals surface area contributed by atoms with Crippen molar-refractivity contribution in [3.63, 3.8) is 0 Å². The maximum Gasteiger partial charge on any atom is 0.234 e. The number of nitrogens with zero attached hydrogens (tertiary/aromatic N) is 1. The second kappa shape index (κ2) is 7.74. The highest BCUT2D eigenvalue weighted by Gasteiger charge is 2.39. The molecule has 0 saturated carbocycles. The van der Waals surface area contributed by atoms with Gasteiger partial charge in [-0.05, 0) is 44.5 Å². The number of methoxy groups -OCH3 is 1. The minimum atomic E-state index is -3.04. The Labute approximate surface area is 150 Å². The molecule has 1 aromatic rings. The molecule has 0 aliphatic carbocycles. The minimum absolute atomic E-state index is 0.0172. The van der Waals surface area contributed by atoms with Gasteiger partial charge in [-0.1, -0.05) is 19.1 Å². The lowest BCUT2D eigenvalue weighted by atomic mass is 10.0. The molecule has 140 valence electrons. The zero-order valence-electron chi connectivity index (χ0n) is 15.4. The van der Waals surface area contributed by atoms with Crippen LogP contribution in [0.15, 0.2) is 24.3 Å². The molecule has 0 spiro atoms. The largest absolute Gasteiger partial charge is 0.497 e. The first-order valence-corrected chi connectivity index (χ1v) is 10.4. The Morgan fingerprint density at radius 3 is 2.72 bits per heavy atom. The number of benzene rings is 1. The van der Waals surface area contributed by atoms with E-state index < -0.39 is 15.4 Å². The summed E-state index contributed by atoms with van der Waals surface area (Å²) in [7, 11) is -1.41. The van der Waals surface area contributed by atoms with Crippen molar-refractivity contribution in [2.45, 2.75) is 38.8 Å². The van der Waals surface area contributed by atoms with Gasteiger partial charge < -0.3 is 10.1 Å². The monoisotopic (exact) mass is 368 g/mol. The maximum absolute atomic E-state index is 12.5. The van der Waals surface area contributed by atoms with Crippen molar-refractivity contribution < 1.29 is 17.9 Å². The Balaban J connectivity index is 2.02. The Morgan fingerprint density at radius 2 is 2.16 bits per heavy atom. The number of carbonyl (C=O) groups is 1. The molecular formula is C18H28N2O4S. The quantitative estimate of drug-likeness (QED) is 0.794. The molecule has 1 N–H and O–H groups in total. The van der Waals surface area contributed by atoms with Crippen LogP contribution in [0.3, 0.4) is 0 Å². The highest BCUT2D eigenvalue weighted by atomic mass is 32.2. The van der Waals surface area contributed by atoms with Crippen LogP contribution in [0.25, 0.3) is 0 Å². The van der Waals surface area contributed by atoms with Crippen LogP contribution in [-0.2, 0) is 14.6 Å². The number of nitrogens with one attached hydrogen (secondary N) is 1. The predicted molar refractivity (Wildman–Crippen MR) is 98.5 cm³/mol. The molecule has 25 heavy (non-hydrogen) atoms. The summed E-state index contributed by atoms with van der Waals surface area (Å²) in [5.74, 6) is 0.801. The molecule has 1 aromatic carbocycles. The summed E-state index contributed by atoms with van der Waals surface area (Å²) >= 11 is 0. The molecule has 1 aliphatic heterocycles. The standard InChI is InChI=1S/C18H28N2O4S/c1-5-20(14(2)15-7-6-8-16(11-15)24-4)12-17(21)19-18(3)9-10-25(22,23)13-18/h6-8,11,14H,5,9-10,12-13H2,1-4H3,(H,19,21)/t14-,18+/m1/s1. The summed E-state index contributed by atoms with van der Waals surface area (Å²) in [6, 6.07) is 7.85. The first-order chi connectivity index (χ1) is 11.7. The van der Waals surface area contributed by atoms with Crippen LogP contribution in [0, 0.1) is 0 Å². The van der Waals surface area contributed by atoms with Gasteiger partial charge in [-0.3, -0.25) is 9.69 Å². The molecule has 1 saturated heterocycles. The normalized spacial score (nSPS) is 23.4. The van der Waals surface area contributed by atoms with Gasteiger partial charge in [0.25, 0.3) is 0 Å². The Kier molecular flexibility index (Phi) is 6.11. The Morgan fingerprint density at radius 1 is 1.44 bits per heavy atom. The summed E-state index contributed by atoms with van der Waals surface area (Å²) in [4.78, 5) is 14.5. The Bertz CT molecular complexity index is 720. The van der Waals surface area contributed by atoms with E-state index in [0.29, 0.717) is 13.0 Å². The zero-order valence-corrected chi connectivity index (χ0v) is 16.2. The van der Waals surface area contributed by atoms with Crippen LogP contribution in [0.2, 0.25) is 0 Å². The van der Waals surface area contributed by atoms with Gasteiger partial charge in [-0.25, -0.2) is 8.42 Å². The van der Waals surface area contributed by atoms with E-state index in [-0.39, 0.29) is 30.0 Å². The van der Waals surface area contributed by atoms with Gasteiger partial charge in [-0.2, -0.15) is 0 Å². The third-order valence-corrected chi connectivity index (χ3v) is 6.72. The van der Waals surface area contributed by atoms with Crippen LogP contribution >= 0.6 is 0 Å². The van der Waals surface area contributed by atoms with E-state index in [1.54, 1.807) is 14.0 Å². The average Bonchev–Trinajstić information content (AvgIpc) is 2.84. The van der Waals surface area contributed by atoms with Gasteiger partial charge in [0, 0.05) is 6.04 Å². The number of likely N-dealkylation sites (N-methyl/N-ethyl adjacent to an activating group) is 1. The maximum atomic E-state index is 12.5. The van der Waals surface area contributed by atoms with Gasteiger partial charge >= 0.3 is 0 Å². The molecule has 1 amide bonds. The van der Waals surface area contributed by atoms with Crippen molar-refractivity contribution in [3.8, 4) is 5.75 Å². The fraction of sp³-hybridized carbons (Fsp3) is 0.611. The van der Waals surface area contributed by atoms with Gasteiger partial charge in [0.05, 0.1) is 30.7 Å². The van der Waals surface area contributed by atoms with E-state index in [1.165, 1.54) is 0 Å². The van der Waals surface area contributed by atoms with E-state index in [2.05, 4.69) is 10.2 Å². The van der Waals surface area contributed by atoms with Gasteiger partial charge in [0.2, 0.25) is 5.91 Å². The Hall–Kier alpha value is -1.60. The van der Waals surface area contributed by atoms with Crippen LogP contribution in [-0.4, -0.2) is 56.5 Å². The zero-order chi connectivity index (χ0) is 18.7. The fourth-order valence-electron chi connectivity index (χ4n) is 3.30. The van der Waals surface area contributed by atoms with E-state index in [4.69, 9.17) is 4.74 Å². The van der Waals surface area contributed by atoms with Gasteiger partial charge in [-0.15, -0.1) is 0 Å². The molecule has 0 aromatic heterocycles. The van der Waals surface area contributed by atoms with Gasteiger partial charge in [0.1, 0.15) is 5.75 Å². The summed E-state index contributed by atoms with van der Waals surface area (Å²) in [5.41, 5.74) is 0.415. The van der Waals surface area contributed by atoms with Gasteiger partial charge in [0.15, 0.2) is 9.84 Å². The summed E-state index contributed by atoms with van der Waals surface area (Å²) in [6.45, 7) is 6.79. The van der Waals surface area contributed by atoms with Crippen LogP contribution in [0.1, 0.15) is 38.8 Å². The summed E-state index contributed by atoms with van der Waals surface area (Å²) < 4.78 is 28.6. The number of carbonyl (C=O) groups excluding carboxylic acids is 1. The number of amides is 1.